The van der Waals surface area contributed by atoms with E-state index in [-0.39, 0.29) is 24.5 Å². The molecule has 1 fully saturated rings. The molecule has 4 heteroatoms. The van der Waals surface area contributed by atoms with Crippen LogP contribution in [0.15, 0.2) is 11.6 Å². The summed E-state index contributed by atoms with van der Waals surface area (Å²) in [5.41, 5.74) is -0.366. The second-order valence-electron chi connectivity index (χ2n) is 6.52. The van der Waals surface area contributed by atoms with Crippen molar-refractivity contribution in [1.29, 1.82) is 0 Å². The number of aliphatic hydroxyl groups excluding tert-OH is 1. The molecule has 0 amide bonds. The Bertz CT molecular complexity index is 481. The van der Waals surface area contributed by atoms with Gasteiger partial charge in [0.05, 0.1) is 13.2 Å². The lowest BCUT2D eigenvalue weighted by atomic mass is 9.61. The van der Waals surface area contributed by atoms with Gasteiger partial charge in [0, 0.05) is 11.3 Å². The summed E-state index contributed by atoms with van der Waals surface area (Å²) >= 11 is 0. The topological polar surface area (TPSA) is 55.8 Å². The number of carbonyl (C=O) groups excluding carboxylic acids is 1. The van der Waals surface area contributed by atoms with E-state index in [0.717, 1.165) is 24.8 Å². The van der Waals surface area contributed by atoms with Crippen molar-refractivity contribution in [3.63, 3.8) is 0 Å². The van der Waals surface area contributed by atoms with E-state index in [1.165, 1.54) is 0 Å². The Hall–Kier alpha value is -1.47. The van der Waals surface area contributed by atoms with Crippen LogP contribution in [0.25, 0.3) is 0 Å². The van der Waals surface area contributed by atoms with Gasteiger partial charge in [0.2, 0.25) is 0 Å². The van der Waals surface area contributed by atoms with E-state index in [2.05, 4.69) is 32.6 Å². The first kappa shape index (κ1) is 18.6. The van der Waals surface area contributed by atoms with Gasteiger partial charge in [-0.2, -0.15) is 0 Å². The normalized spacial score (nSPS) is 27.5. The second-order valence-corrected chi connectivity index (χ2v) is 6.52. The Labute approximate surface area is 133 Å². The first-order valence-electron chi connectivity index (χ1n) is 7.95. The molecular weight excluding hydrogens is 280 g/mol. The molecule has 2 atom stereocenters. The molecule has 1 aliphatic rings. The zero-order chi connectivity index (χ0) is 16.8. The second kappa shape index (κ2) is 7.69. The molecule has 2 unspecified atom stereocenters. The van der Waals surface area contributed by atoms with E-state index >= 15 is 0 Å². The summed E-state index contributed by atoms with van der Waals surface area (Å²) in [5, 5.41) is 8.96. The summed E-state index contributed by atoms with van der Waals surface area (Å²) in [6, 6.07) is 0. The zero-order valence-electron chi connectivity index (χ0n) is 14.4. The quantitative estimate of drug-likeness (QED) is 0.638. The van der Waals surface area contributed by atoms with Crippen molar-refractivity contribution < 1.29 is 19.4 Å². The van der Waals surface area contributed by atoms with E-state index in [0.29, 0.717) is 0 Å². The molecule has 4 nitrogen and oxygen atoms in total. The molecule has 1 aliphatic carbocycles. The van der Waals surface area contributed by atoms with Crippen LogP contribution in [-0.4, -0.2) is 30.1 Å². The van der Waals surface area contributed by atoms with Crippen molar-refractivity contribution in [2.24, 2.45) is 11.3 Å². The third-order valence-corrected chi connectivity index (χ3v) is 4.49. The van der Waals surface area contributed by atoms with Crippen LogP contribution in [-0.2, 0) is 9.47 Å². The maximum absolute atomic E-state index is 12.0. The zero-order valence-corrected chi connectivity index (χ0v) is 14.4. The van der Waals surface area contributed by atoms with Gasteiger partial charge >= 0.3 is 6.16 Å². The number of aliphatic hydroxyl groups is 1. The van der Waals surface area contributed by atoms with Gasteiger partial charge in [-0.15, -0.1) is 0 Å². The minimum absolute atomic E-state index is 0.0504. The molecule has 0 spiro atoms. The molecule has 0 aliphatic heterocycles. The summed E-state index contributed by atoms with van der Waals surface area (Å²) in [6.45, 7) is 10.1. The van der Waals surface area contributed by atoms with Gasteiger partial charge in [-0.05, 0) is 44.3 Å². The molecule has 22 heavy (non-hydrogen) atoms. The molecule has 0 bridgehead atoms. The number of ether oxygens (including phenoxy) is 2. The maximum atomic E-state index is 12.0. The predicted molar refractivity (Wildman–Crippen MR) is 86.3 cm³/mol. The summed E-state index contributed by atoms with van der Waals surface area (Å²) in [5.74, 6) is 6.36. The van der Waals surface area contributed by atoms with Crippen molar-refractivity contribution in [1.82, 2.24) is 0 Å². The van der Waals surface area contributed by atoms with E-state index in [1.54, 1.807) is 13.0 Å². The van der Waals surface area contributed by atoms with E-state index < -0.39 is 11.8 Å². The molecule has 0 heterocycles. The van der Waals surface area contributed by atoms with E-state index in [4.69, 9.17) is 14.6 Å². The van der Waals surface area contributed by atoms with Gasteiger partial charge in [-0.25, -0.2) is 4.79 Å². The maximum Gasteiger partial charge on any atom is 0.509 e. The Morgan fingerprint density at radius 3 is 2.68 bits per heavy atom. The lowest BCUT2D eigenvalue weighted by Crippen LogP contribution is -2.54. The Morgan fingerprint density at radius 1 is 1.45 bits per heavy atom. The SMILES string of the molecule is CCOC(=O)OC1(C#CC(C)=CCO)C(C)CCCC1(C)C. The first-order chi connectivity index (χ1) is 10.3. The lowest BCUT2D eigenvalue weighted by Gasteiger charge is -2.49. The Kier molecular flexibility index (Phi) is 6.49. The molecule has 0 aromatic heterocycles. The fourth-order valence-electron chi connectivity index (χ4n) is 3.12. The van der Waals surface area contributed by atoms with Crippen molar-refractivity contribution in [2.75, 3.05) is 13.2 Å². The van der Waals surface area contributed by atoms with Crippen LogP contribution in [0.3, 0.4) is 0 Å². The monoisotopic (exact) mass is 308 g/mol. The third kappa shape index (κ3) is 4.04. The van der Waals surface area contributed by atoms with Gasteiger partial charge in [0.25, 0.3) is 0 Å². The molecule has 124 valence electrons. The summed E-state index contributed by atoms with van der Waals surface area (Å²) in [4.78, 5) is 12.0. The van der Waals surface area contributed by atoms with Crippen molar-refractivity contribution >= 4 is 6.16 Å². The Morgan fingerprint density at radius 2 is 2.14 bits per heavy atom. The molecule has 1 N–H and O–H groups in total. The van der Waals surface area contributed by atoms with Crippen molar-refractivity contribution in [2.45, 2.75) is 59.5 Å². The number of hydrogen-bond donors (Lipinski definition) is 1. The molecule has 0 radical (unpaired) electrons. The minimum atomic E-state index is -0.873. The molecule has 0 aromatic carbocycles. The highest BCUT2D eigenvalue weighted by Crippen LogP contribution is 2.49. The first-order valence-corrected chi connectivity index (χ1v) is 7.95. The highest BCUT2D eigenvalue weighted by Gasteiger charge is 2.53. The summed E-state index contributed by atoms with van der Waals surface area (Å²) < 4.78 is 10.7. The van der Waals surface area contributed by atoms with Crippen molar-refractivity contribution in [3.05, 3.63) is 11.6 Å². The minimum Gasteiger partial charge on any atom is -0.435 e. The fraction of sp³-hybridized carbons (Fsp3) is 0.722. The smallest absolute Gasteiger partial charge is 0.435 e. The van der Waals surface area contributed by atoms with Gasteiger partial charge < -0.3 is 14.6 Å². The molecule has 0 saturated heterocycles. The molecule has 1 rings (SSSR count). The van der Waals surface area contributed by atoms with Crippen LogP contribution in [0, 0.1) is 23.2 Å². The van der Waals surface area contributed by atoms with E-state index in [9.17, 15) is 4.79 Å². The molecular formula is C18H28O4. The van der Waals surface area contributed by atoms with Gasteiger partial charge in [-0.1, -0.05) is 33.1 Å². The van der Waals surface area contributed by atoms with Crippen LogP contribution < -0.4 is 0 Å². The highest BCUT2D eigenvalue weighted by molar-refractivity contribution is 5.61. The van der Waals surface area contributed by atoms with Gasteiger partial charge in [0.15, 0.2) is 5.60 Å². The number of rotatable bonds is 3. The number of allylic oxidation sites excluding steroid dienone is 1. The van der Waals surface area contributed by atoms with Gasteiger partial charge in [0.1, 0.15) is 0 Å². The summed E-state index contributed by atoms with van der Waals surface area (Å²) in [7, 11) is 0. The van der Waals surface area contributed by atoms with Crippen LogP contribution in [0.1, 0.15) is 53.9 Å². The predicted octanol–water partition coefficient (Wildman–Crippen LogP) is 3.69. The fourth-order valence-corrected chi connectivity index (χ4v) is 3.12. The molecule has 0 aromatic rings. The van der Waals surface area contributed by atoms with Crippen LogP contribution in [0.5, 0.6) is 0 Å². The molecule has 1 saturated carbocycles. The average molecular weight is 308 g/mol. The van der Waals surface area contributed by atoms with Crippen LogP contribution in [0.4, 0.5) is 4.79 Å². The lowest BCUT2D eigenvalue weighted by molar-refractivity contribution is -0.113. The third-order valence-electron chi connectivity index (χ3n) is 4.49. The standard InChI is InChI=1S/C18H28O4/c1-6-21-16(20)22-18(12-9-14(2)10-13-19)15(3)8-7-11-17(18,4)5/h10,15,19H,6-8,11,13H2,1-5H3. The summed E-state index contributed by atoms with van der Waals surface area (Å²) in [6.07, 6.45) is 3.97. The highest BCUT2D eigenvalue weighted by atomic mass is 16.7. The van der Waals surface area contributed by atoms with E-state index in [1.807, 2.05) is 6.92 Å². The number of carbonyl (C=O) groups is 1. The number of hydrogen-bond acceptors (Lipinski definition) is 4. The average Bonchev–Trinajstić information content (AvgIpc) is 2.42. The largest absolute Gasteiger partial charge is 0.509 e. The Balaban J connectivity index is 3.24. The van der Waals surface area contributed by atoms with Crippen molar-refractivity contribution in [3.8, 4) is 11.8 Å². The van der Waals surface area contributed by atoms with Crippen LogP contribution >= 0.6 is 0 Å². The van der Waals surface area contributed by atoms with Gasteiger partial charge in [-0.3, -0.25) is 0 Å². The van der Waals surface area contributed by atoms with Crippen LogP contribution in [0.2, 0.25) is 0 Å².